The molecule has 0 atom stereocenters. The van der Waals surface area contributed by atoms with Crippen molar-refractivity contribution in [2.45, 2.75) is 6.92 Å². The molecule has 2 aromatic rings. The molecule has 0 spiro atoms. The molecule has 66 valence electrons. The molecule has 2 N–H and O–H groups in total. The molecule has 0 fully saturated rings. The van der Waals surface area contributed by atoms with Crippen LogP contribution in [-0.4, -0.2) is 5.27 Å². The molecule has 0 aliphatic rings. The first-order valence-electron chi connectivity index (χ1n) is 3.98. The summed E-state index contributed by atoms with van der Waals surface area (Å²) in [5.41, 5.74) is 7.28. The molecule has 4 nitrogen and oxygen atoms in total. The molecule has 1 aromatic heterocycles. The molecule has 2 rings (SSSR count). The minimum absolute atomic E-state index is 0.351. The van der Waals surface area contributed by atoms with E-state index in [2.05, 4.69) is 5.27 Å². The van der Waals surface area contributed by atoms with Crippen molar-refractivity contribution < 1.29 is 9.20 Å². The van der Waals surface area contributed by atoms with Gasteiger partial charge >= 0.3 is 0 Å². The lowest BCUT2D eigenvalue weighted by Crippen LogP contribution is -2.35. The molecule has 13 heavy (non-hydrogen) atoms. The summed E-state index contributed by atoms with van der Waals surface area (Å²) in [4.78, 5) is 0. The van der Waals surface area contributed by atoms with E-state index in [-0.39, 0.29) is 0 Å². The highest BCUT2D eigenvalue weighted by Gasteiger charge is 2.19. The van der Waals surface area contributed by atoms with E-state index in [9.17, 15) is 0 Å². The van der Waals surface area contributed by atoms with Gasteiger partial charge in [-0.25, -0.2) is 0 Å². The predicted molar refractivity (Wildman–Crippen MR) is 47.2 cm³/mol. The fraction of sp³-hybridized carbons (Fsp3) is 0.111. The van der Waals surface area contributed by atoms with Crippen molar-refractivity contribution in [3.63, 3.8) is 0 Å². The SMILES string of the molecule is Cc1c(N)on[n+]1-c1ccccc1. The van der Waals surface area contributed by atoms with Crippen LogP contribution < -0.4 is 10.4 Å². The first kappa shape index (κ1) is 7.79. The zero-order valence-electron chi connectivity index (χ0n) is 7.27. The Kier molecular flexibility index (Phi) is 1.73. The Morgan fingerprint density at radius 3 is 2.54 bits per heavy atom. The number of anilines is 1. The van der Waals surface area contributed by atoms with E-state index in [1.54, 1.807) is 4.68 Å². The van der Waals surface area contributed by atoms with Crippen LogP contribution in [0.3, 0.4) is 0 Å². The number of rotatable bonds is 1. The third-order valence-corrected chi connectivity index (χ3v) is 1.90. The third-order valence-electron chi connectivity index (χ3n) is 1.90. The van der Waals surface area contributed by atoms with Crippen LogP contribution in [-0.2, 0) is 0 Å². The van der Waals surface area contributed by atoms with Gasteiger partial charge in [-0.05, 0) is 4.68 Å². The number of nitrogen functional groups attached to an aromatic ring is 1. The quantitative estimate of drug-likeness (QED) is 0.655. The number of hydrogen-bond acceptors (Lipinski definition) is 3. The van der Waals surface area contributed by atoms with Crippen LogP contribution in [0.25, 0.3) is 5.69 Å². The molecule has 0 saturated carbocycles. The lowest BCUT2D eigenvalue weighted by molar-refractivity contribution is -0.675. The lowest BCUT2D eigenvalue weighted by atomic mass is 10.3. The summed E-state index contributed by atoms with van der Waals surface area (Å²) in [5.74, 6) is 0.351. The van der Waals surface area contributed by atoms with Gasteiger partial charge in [0.05, 0.1) is 0 Å². The lowest BCUT2D eigenvalue weighted by Gasteiger charge is -1.86. The van der Waals surface area contributed by atoms with E-state index >= 15 is 0 Å². The molecule has 0 amide bonds. The van der Waals surface area contributed by atoms with Gasteiger partial charge in [-0.3, -0.25) is 4.52 Å². The topological polar surface area (TPSA) is 55.9 Å². The second-order valence-electron chi connectivity index (χ2n) is 2.77. The molecule has 0 saturated heterocycles. The molecule has 1 aromatic carbocycles. The Bertz CT molecular complexity index is 408. The van der Waals surface area contributed by atoms with Crippen molar-refractivity contribution in [2.75, 3.05) is 5.73 Å². The first-order chi connectivity index (χ1) is 6.29. The van der Waals surface area contributed by atoms with Crippen LogP contribution in [0.15, 0.2) is 34.9 Å². The van der Waals surface area contributed by atoms with E-state index < -0.39 is 0 Å². The molecule has 0 radical (unpaired) electrons. The average molecular weight is 176 g/mol. The second-order valence-corrected chi connectivity index (χ2v) is 2.77. The highest BCUT2D eigenvalue weighted by Crippen LogP contribution is 2.05. The van der Waals surface area contributed by atoms with Gasteiger partial charge in [0.25, 0.3) is 11.6 Å². The van der Waals surface area contributed by atoms with Crippen LogP contribution >= 0.6 is 0 Å². The van der Waals surface area contributed by atoms with Crippen molar-refractivity contribution in [3.8, 4) is 5.69 Å². The summed E-state index contributed by atoms with van der Waals surface area (Å²) in [7, 11) is 0. The van der Waals surface area contributed by atoms with Crippen LogP contribution in [0.1, 0.15) is 5.69 Å². The Hall–Kier alpha value is -1.84. The number of nitrogens with two attached hydrogens (primary N) is 1. The minimum atomic E-state index is 0.351. The zero-order valence-corrected chi connectivity index (χ0v) is 7.27. The van der Waals surface area contributed by atoms with Crippen molar-refractivity contribution >= 4 is 5.88 Å². The minimum Gasteiger partial charge on any atom is -0.362 e. The van der Waals surface area contributed by atoms with Crippen molar-refractivity contribution in [1.82, 2.24) is 5.27 Å². The van der Waals surface area contributed by atoms with E-state index in [1.807, 2.05) is 37.3 Å². The Balaban J connectivity index is 2.53. The van der Waals surface area contributed by atoms with Gasteiger partial charge in [0, 0.05) is 19.1 Å². The summed E-state index contributed by atoms with van der Waals surface area (Å²) in [6.45, 7) is 1.86. The van der Waals surface area contributed by atoms with Gasteiger partial charge in [0.15, 0.2) is 0 Å². The number of para-hydroxylation sites is 1. The number of nitrogens with zero attached hydrogens (tertiary/aromatic N) is 2. The van der Waals surface area contributed by atoms with Crippen LogP contribution in [0.5, 0.6) is 0 Å². The normalized spacial score (nSPS) is 10.2. The average Bonchev–Trinajstić information content (AvgIpc) is 2.49. The van der Waals surface area contributed by atoms with Gasteiger partial charge < -0.3 is 5.73 Å². The zero-order chi connectivity index (χ0) is 9.26. The molecular formula is C9H10N3O+. The Morgan fingerprint density at radius 1 is 1.31 bits per heavy atom. The summed E-state index contributed by atoms with van der Waals surface area (Å²) < 4.78 is 6.50. The van der Waals surface area contributed by atoms with Crippen LogP contribution in [0.4, 0.5) is 5.88 Å². The fourth-order valence-electron chi connectivity index (χ4n) is 1.13. The maximum Gasteiger partial charge on any atom is 0.296 e. The standard InChI is InChI=1S/C9H10N3O/c1-7-9(10)13-11-12(7)8-5-3-2-4-6-8/h2-6H,10H2,1H3/q+1. The van der Waals surface area contributed by atoms with E-state index in [4.69, 9.17) is 10.3 Å². The highest BCUT2D eigenvalue weighted by atomic mass is 16.5. The monoisotopic (exact) mass is 176 g/mol. The fourth-order valence-corrected chi connectivity index (χ4v) is 1.13. The summed E-state index contributed by atoms with van der Waals surface area (Å²) in [6.07, 6.45) is 0. The molecule has 0 bridgehead atoms. The van der Waals surface area contributed by atoms with Gasteiger partial charge in [-0.15, -0.1) is 0 Å². The maximum absolute atomic E-state index is 5.53. The van der Waals surface area contributed by atoms with Gasteiger partial charge in [0.2, 0.25) is 11.0 Å². The van der Waals surface area contributed by atoms with Crippen molar-refractivity contribution in [3.05, 3.63) is 36.0 Å². The van der Waals surface area contributed by atoms with Crippen LogP contribution in [0.2, 0.25) is 0 Å². The summed E-state index contributed by atoms with van der Waals surface area (Å²) in [5, 5.41) is 3.80. The third kappa shape index (κ3) is 1.26. The van der Waals surface area contributed by atoms with Gasteiger partial charge in [0.1, 0.15) is 0 Å². The van der Waals surface area contributed by atoms with Crippen molar-refractivity contribution in [1.29, 1.82) is 0 Å². The van der Waals surface area contributed by atoms with Gasteiger partial charge in [-0.2, -0.15) is 0 Å². The first-order valence-corrected chi connectivity index (χ1v) is 3.98. The molecule has 1 heterocycles. The predicted octanol–water partition coefficient (Wildman–Crippen LogP) is 0.842. The Morgan fingerprint density at radius 2 is 2.00 bits per heavy atom. The van der Waals surface area contributed by atoms with Crippen molar-refractivity contribution in [2.24, 2.45) is 0 Å². The molecular weight excluding hydrogens is 166 g/mol. The van der Waals surface area contributed by atoms with Gasteiger partial charge in [-0.1, -0.05) is 18.2 Å². The summed E-state index contributed by atoms with van der Waals surface area (Å²) in [6, 6.07) is 9.70. The largest absolute Gasteiger partial charge is 0.362 e. The maximum atomic E-state index is 5.53. The number of hydrogen-bond donors (Lipinski definition) is 1. The van der Waals surface area contributed by atoms with E-state index in [0.717, 1.165) is 11.4 Å². The number of aromatic nitrogens is 2. The van der Waals surface area contributed by atoms with Crippen LogP contribution in [0, 0.1) is 6.92 Å². The second kappa shape index (κ2) is 2.90. The molecule has 0 aliphatic carbocycles. The highest BCUT2D eigenvalue weighted by molar-refractivity contribution is 5.27. The molecule has 0 unspecified atom stereocenters. The van der Waals surface area contributed by atoms with E-state index in [1.165, 1.54) is 0 Å². The summed E-state index contributed by atoms with van der Waals surface area (Å²) >= 11 is 0. The number of benzene rings is 1. The van der Waals surface area contributed by atoms with E-state index in [0.29, 0.717) is 5.88 Å². The molecule has 4 heteroatoms. The molecule has 0 aliphatic heterocycles. The Labute approximate surface area is 75.6 Å². The smallest absolute Gasteiger partial charge is 0.296 e.